The van der Waals surface area contributed by atoms with E-state index >= 15 is 0 Å². The van der Waals surface area contributed by atoms with E-state index in [1.807, 2.05) is 6.92 Å². The van der Waals surface area contributed by atoms with Gasteiger partial charge in [0, 0.05) is 0 Å². The Bertz CT molecular complexity index is 525. The first-order valence-corrected chi connectivity index (χ1v) is 6.61. The molecule has 0 unspecified atom stereocenters. The molecule has 0 amide bonds. The van der Waals surface area contributed by atoms with E-state index in [-0.39, 0.29) is 4.90 Å². The van der Waals surface area contributed by atoms with Gasteiger partial charge in [0.1, 0.15) is 0 Å². The Kier molecular flexibility index (Phi) is 4.65. The summed E-state index contributed by atoms with van der Waals surface area (Å²) in [4.78, 5) is 3.75. The minimum atomic E-state index is -4.02. The molecule has 1 heterocycles. The van der Waals surface area contributed by atoms with Crippen LogP contribution in [0.1, 0.15) is 5.56 Å². The Balaban J connectivity index is 0.000000199. The average Bonchev–Trinajstić information content (AvgIpc) is 2.63. The molecule has 0 fully saturated rings. The second-order valence-corrected chi connectivity index (χ2v) is 5.14. The van der Waals surface area contributed by atoms with Gasteiger partial charge in [-0.1, -0.05) is 17.7 Å². The zero-order chi connectivity index (χ0) is 13.8. The van der Waals surface area contributed by atoms with Crippen molar-refractivity contribution >= 4 is 16.1 Å². The monoisotopic (exact) mass is 272 g/mol. The molecule has 1 aliphatic heterocycles. The first-order chi connectivity index (χ1) is 8.30. The summed E-state index contributed by atoms with van der Waals surface area (Å²) >= 11 is 0. The van der Waals surface area contributed by atoms with Crippen molar-refractivity contribution in [2.45, 2.75) is 11.8 Å². The van der Waals surface area contributed by atoms with Crippen molar-refractivity contribution in [2.24, 2.45) is 16.6 Å². The van der Waals surface area contributed by atoms with Crippen LogP contribution >= 0.6 is 0 Å². The standard InChI is InChI=1S/C7H8O3S.C3H8N4/c1-6-2-4-7(5-3-6)11(8,9)10;4-3-6-1-2-7(3)5/h2-5H,1H3,(H,8,9,10);1-2,5H2,(H2,4,6). The molecular weight excluding hydrogens is 256 g/mol. The number of hydrogen-bond acceptors (Lipinski definition) is 6. The second kappa shape index (κ2) is 5.80. The lowest BCUT2D eigenvalue weighted by molar-refractivity contribution is 0.479. The van der Waals surface area contributed by atoms with Crippen LogP contribution in [-0.2, 0) is 10.1 Å². The topological polar surface area (TPSA) is 122 Å². The quantitative estimate of drug-likeness (QED) is 0.478. The predicted octanol–water partition coefficient (Wildman–Crippen LogP) is -0.268. The van der Waals surface area contributed by atoms with E-state index < -0.39 is 10.1 Å². The summed E-state index contributed by atoms with van der Waals surface area (Å²) < 4.78 is 29.6. The van der Waals surface area contributed by atoms with E-state index in [4.69, 9.17) is 16.1 Å². The Morgan fingerprint density at radius 3 is 2.17 bits per heavy atom. The highest BCUT2D eigenvalue weighted by atomic mass is 32.2. The fourth-order valence-corrected chi connectivity index (χ4v) is 1.67. The molecule has 18 heavy (non-hydrogen) atoms. The maximum Gasteiger partial charge on any atom is 0.294 e. The first-order valence-electron chi connectivity index (χ1n) is 5.17. The molecule has 1 aromatic rings. The van der Waals surface area contributed by atoms with Crippen LogP contribution in [0.25, 0.3) is 0 Å². The van der Waals surface area contributed by atoms with Gasteiger partial charge in [0.25, 0.3) is 10.1 Å². The number of nitrogens with two attached hydrogens (primary N) is 2. The van der Waals surface area contributed by atoms with Crippen molar-refractivity contribution in [2.75, 3.05) is 13.1 Å². The summed E-state index contributed by atoms with van der Waals surface area (Å²) in [7, 11) is -4.02. The Labute approximate surface area is 106 Å². The molecule has 0 saturated carbocycles. The third-order valence-corrected chi connectivity index (χ3v) is 3.10. The minimum Gasteiger partial charge on any atom is -0.369 e. The molecule has 0 spiro atoms. The van der Waals surface area contributed by atoms with Crippen molar-refractivity contribution in [1.82, 2.24) is 5.01 Å². The van der Waals surface area contributed by atoms with Gasteiger partial charge in [-0.25, -0.2) is 5.84 Å². The van der Waals surface area contributed by atoms with Gasteiger partial charge in [0.15, 0.2) is 0 Å². The van der Waals surface area contributed by atoms with Crippen LogP contribution in [0.4, 0.5) is 0 Å². The fraction of sp³-hybridized carbons (Fsp3) is 0.300. The zero-order valence-electron chi connectivity index (χ0n) is 9.94. The molecule has 0 bridgehead atoms. The third kappa shape index (κ3) is 4.32. The maximum absolute atomic E-state index is 10.5. The van der Waals surface area contributed by atoms with Crippen molar-refractivity contribution in [1.29, 1.82) is 0 Å². The highest BCUT2D eigenvalue weighted by Crippen LogP contribution is 2.08. The summed E-state index contributed by atoms with van der Waals surface area (Å²) in [5.41, 5.74) is 6.19. The largest absolute Gasteiger partial charge is 0.369 e. The van der Waals surface area contributed by atoms with Gasteiger partial charge < -0.3 is 5.73 Å². The average molecular weight is 272 g/mol. The van der Waals surface area contributed by atoms with E-state index in [1.54, 1.807) is 12.1 Å². The Hall–Kier alpha value is -1.64. The van der Waals surface area contributed by atoms with Gasteiger partial charge >= 0.3 is 0 Å². The number of benzene rings is 1. The number of nitrogens with zero attached hydrogens (tertiary/aromatic N) is 2. The van der Waals surface area contributed by atoms with Gasteiger partial charge in [0.2, 0.25) is 5.96 Å². The molecule has 1 aliphatic rings. The van der Waals surface area contributed by atoms with Crippen LogP contribution in [0, 0.1) is 6.92 Å². The lowest BCUT2D eigenvalue weighted by Gasteiger charge is -2.06. The van der Waals surface area contributed by atoms with Crippen molar-refractivity contribution < 1.29 is 13.0 Å². The molecule has 0 aliphatic carbocycles. The van der Waals surface area contributed by atoms with Crippen LogP contribution < -0.4 is 11.6 Å². The Morgan fingerprint density at radius 2 is 1.89 bits per heavy atom. The highest BCUT2D eigenvalue weighted by Gasteiger charge is 2.07. The molecule has 8 heteroatoms. The normalized spacial score (nSPS) is 14.8. The number of rotatable bonds is 1. The summed E-state index contributed by atoms with van der Waals surface area (Å²) in [6, 6.07) is 5.99. The SMILES string of the molecule is Cc1ccc(S(=O)(=O)O)cc1.NC1=NCCN1N. The molecule has 100 valence electrons. The van der Waals surface area contributed by atoms with E-state index in [9.17, 15) is 8.42 Å². The van der Waals surface area contributed by atoms with Gasteiger partial charge in [-0.2, -0.15) is 8.42 Å². The van der Waals surface area contributed by atoms with E-state index in [2.05, 4.69) is 4.99 Å². The zero-order valence-corrected chi connectivity index (χ0v) is 10.8. The van der Waals surface area contributed by atoms with Gasteiger partial charge in [-0.15, -0.1) is 0 Å². The molecule has 5 N–H and O–H groups in total. The lowest BCUT2D eigenvalue weighted by Crippen LogP contribution is -2.39. The lowest BCUT2D eigenvalue weighted by atomic mass is 10.2. The van der Waals surface area contributed by atoms with Gasteiger partial charge in [-0.3, -0.25) is 14.6 Å². The molecule has 0 saturated heterocycles. The smallest absolute Gasteiger partial charge is 0.294 e. The van der Waals surface area contributed by atoms with E-state index in [0.717, 1.165) is 18.7 Å². The van der Waals surface area contributed by atoms with Gasteiger partial charge in [-0.05, 0) is 19.1 Å². The molecule has 7 nitrogen and oxygen atoms in total. The molecule has 0 atom stereocenters. The van der Waals surface area contributed by atoms with Crippen molar-refractivity contribution in [3.8, 4) is 0 Å². The van der Waals surface area contributed by atoms with Crippen LogP contribution in [0.2, 0.25) is 0 Å². The summed E-state index contributed by atoms with van der Waals surface area (Å²) in [6.07, 6.45) is 0. The molecule has 2 rings (SSSR count). The van der Waals surface area contributed by atoms with E-state index in [0.29, 0.717) is 5.96 Å². The minimum absolute atomic E-state index is 0.0666. The van der Waals surface area contributed by atoms with Gasteiger partial charge in [0.05, 0.1) is 18.0 Å². The second-order valence-electron chi connectivity index (χ2n) is 3.72. The molecule has 0 aromatic heterocycles. The van der Waals surface area contributed by atoms with E-state index in [1.165, 1.54) is 17.1 Å². The van der Waals surface area contributed by atoms with Crippen LogP contribution in [0.5, 0.6) is 0 Å². The number of hydrazine groups is 1. The molecular formula is C10H16N4O3S. The number of aryl methyl sites for hydroxylation is 1. The van der Waals surface area contributed by atoms with Crippen LogP contribution in [0.3, 0.4) is 0 Å². The van der Waals surface area contributed by atoms with Crippen molar-refractivity contribution in [3.05, 3.63) is 29.8 Å². The van der Waals surface area contributed by atoms with Crippen LogP contribution in [-0.4, -0.2) is 37.0 Å². The number of aliphatic imine (C=N–C) groups is 1. The number of guanidine groups is 1. The first kappa shape index (κ1) is 14.4. The molecule has 0 radical (unpaired) electrons. The van der Waals surface area contributed by atoms with Crippen molar-refractivity contribution in [3.63, 3.8) is 0 Å². The summed E-state index contributed by atoms with van der Waals surface area (Å²) in [5.74, 6) is 5.70. The Morgan fingerprint density at radius 1 is 1.33 bits per heavy atom. The van der Waals surface area contributed by atoms with Crippen LogP contribution in [0.15, 0.2) is 34.2 Å². The predicted molar refractivity (Wildman–Crippen MR) is 68.4 cm³/mol. The number of hydrogen-bond donors (Lipinski definition) is 3. The summed E-state index contributed by atoms with van der Waals surface area (Å²) in [6.45, 7) is 3.34. The summed E-state index contributed by atoms with van der Waals surface area (Å²) in [5, 5.41) is 1.43. The highest BCUT2D eigenvalue weighted by molar-refractivity contribution is 7.85. The maximum atomic E-state index is 10.5. The molecule has 1 aromatic carbocycles. The fourth-order valence-electron chi connectivity index (χ4n) is 1.19. The third-order valence-electron chi connectivity index (χ3n) is 2.23.